The molecule has 1 aromatic rings. The van der Waals surface area contributed by atoms with Crippen LogP contribution >= 0.6 is 12.4 Å². The fourth-order valence-corrected chi connectivity index (χ4v) is 2.32. The van der Waals surface area contributed by atoms with Crippen LogP contribution in [0.4, 0.5) is 0 Å². The summed E-state index contributed by atoms with van der Waals surface area (Å²) in [5.74, 6) is -0.254. The van der Waals surface area contributed by atoms with E-state index in [2.05, 4.69) is 0 Å². The summed E-state index contributed by atoms with van der Waals surface area (Å²) in [7, 11) is 1.63. The summed E-state index contributed by atoms with van der Waals surface area (Å²) >= 11 is 0. The smallest absolute Gasteiger partial charge is 0.246 e. The number of halogens is 1. The van der Waals surface area contributed by atoms with Gasteiger partial charge in [-0.3, -0.25) is 4.79 Å². The lowest BCUT2D eigenvalue weighted by Gasteiger charge is -2.30. The molecular weight excluding hydrogens is 344 g/mol. The van der Waals surface area contributed by atoms with E-state index in [4.69, 9.17) is 15.2 Å². The number of hydrogen-bond donors (Lipinski definition) is 2. The first-order valence-electron chi connectivity index (χ1n) is 8.22. The van der Waals surface area contributed by atoms with Gasteiger partial charge in [-0.2, -0.15) is 0 Å². The van der Waals surface area contributed by atoms with Crippen molar-refractivity contribution in [1.82, 2.24) is 4.90 Å². The number of carbonyl (C=O) groups is 1. The van der Waals surface area contributed by atoms with Gasteiger partial charge in [-0.15, -0.1) is 12.4 Å². The maximum absolute atomic E-state index is 12.6. The van der Waals surface area contributed by atoms with Gasteiger partial charge in [0.1, 0.15) is 5.54 Å². The fourth-order valence-electron chi connectivity index (χ4n) is 2.32. The fraction of sp³-hybridized carbons (Fsp3) is 0.611. The molecule has 7 heteroatoms. The molecule has 0 aliphatic heterocycles. The predicted octanol–water partition coefficient (Wildman–Crippen LogP) is 1.54. The second-order valence-electron chi connectivity index (χ2n) is 6.40. The van der Waals surface area contributed by atoms with E-state index >= 15 is 0 Å². The van der Waals surface area contributed by atoms with Crippen molar-refractivity contribution in [3.63, 3.8) is 0 Å². The van der Waals surface area contributed by atoms with Crippen molar-refractivity contribution >= 4 is 18.3 Å². The number of aliphatic hydroxyl groups excluding tert-OH is 1. The zero-order valence-electron chi connectivity index (χ0n) is 15.5. The molecule has 1 rings (SSSR count). The van der Waals surface area contributed by atoms with Crippen molar-refractivity contribution in [2.75, 3.05) is 33.4 Å². The molecule has 1 aromatic carbocycles. The standard InChI is InChI=1S/C18H30N2O4.ClH/c1-14(2)24-11-10-23-13-16(21)12-20(4)17(22)18(3,19)15-8-6-5-7-9-15;/h5-9,14,16,21H,10-13,19H2,1-4H3;1H. The van der Waals surface area contributed by atoms with Crippen LogP contribution in [0.15, 0.2) is 30.3 Å². The van der Waals surface area contributed by atoms with Crippen LogP contribution in [0.3, 0.4) is 0 Å². The van der Waals surface area contributed by atoms with Crippen molar-refractivity contribution in [3.8, 4) is 0 Å². The molecule has 1 amide bonds. The third-order valence-corrected chi connectivity index (χ3v) is 3.64. The number of nitrogens with zero attached hydrogens (tertiary/aromatic N) is 1. The van der Waals surface area contributed by atoms with Crippen LogP contribution < -0.4 is 5.73 Å². The lowest BCUT2D eigenvalue weighted by molar-refractivity contribution is -0.137. The molecular formula is C18H31ClN2O4. The molecule has 0 spiro atoms. The van der Waals surface area contributed by atoms with Gasteiger partial charge >= 0.3 is 0 Å². The van der Waals surface area contributed by atoms with Crippen LogP contribution in [-0.2, 0) is 19.8 Å². The monoisotopic (exact) mass is 374 g/mol. The molecule has 0 bridgehead atoms. The first kappa shape index (κ1) is 23.8. The molecule has 0 aromatic heterocycles. The Balaban J connectivity index is 0.00000576. The molecule has 6 nitrogen and oxygen atoms in total. The number of nitrogens with two attached hydrogens (primary N) is 1. The number of aliphatic hydroxyl groups is 1. The van der Waals surface area contributed by atoms with E-state index in [9.17, 15) is 9.90 Å². The number of likely N-dealkylation sites (N-methyl/N-ethyl adjacent to an activating group) is 1. The largest absolute Gasteiger partial charge is 0.389 e. The minimum Gasteiger partial charge on any atom is -0.389 e. The van der Waals surface area contributed by atoms with Crippen molar-refractivity contribution in [2.24, 2.45) is 5.73 Å². The molecule has 2 atom stereocenters. The van der Waals surface area contributed by atoms with Gasteiger partial charge in [-0.05, 0) is 26.3 Å². The van der Waals surface area contributed by atoms with E-state index in [0.29, 0.717) is 13.2 Å². The quantitative estimate of drug-likeness (QED) is 0.607. The number of amides is 1. The molecule has 0 fully saturated rings. The zero-order valence-corrected chi connectivity index (χ0v) is 16.3. The maximum Gasteiger partial charge on any atom is 0.246 e. The van der Waals surface area contributed by atoms with Crippen molar-refractivity contribution in [2.45, 2.75) is 38.5 Å². The maximum atomic E-state index is 12.6. The molecule has 0 aliphatic rings. The van der Waals surface area contributed by atoms with Gasteiger partial charge in [-0.1, -0.05) is 30.3 Å². The second kappa shape index (κ2) is 11.4. The average molecular weight is 375 g/mol. The van der Waals surface area contributed by atoms with E-state index < -0.39 is 11.6 Å². The Morgan fingerprint density at radius 2 is 1.88 bits per heavy atom. The Hall–Kier alpha value is -1.18. The van der Waals surface area contributed by atoms with Crippen LogP contribution in [0.25, 0.3) is 0 Å². The van der Waals surface area contributed by atoms with E-state index in [1.807, 2.05) is 44.2 Å². The highest BCUT2D eigenvalue weighted by Crippen LogP contribution is 2.19. The first-order valence-corrected chi connectivity index (χ1v) is 8.22. The number of hydrogen-bond acceptors (Lipinski definition) is 5. The molecule has 2 unspecified atom stereocenters. The summed E-state index contributed by atoms with van der Waals surface area (Å²) < 4.78 is 10.7. The molecule has 25 heavy (non-hydrogen) atoms. The summed E-state index contributed by atoms with van der Waals surface area (Å²) in [5, 5.41) is 10.0. The third kappa shape index (κ3) is 8.16. The molecule has 0 saturated heterocycles. The number of benzene rings is 1. The lowest BCUT2D eigenvalue weighted by atomic mass is 9.91. The van der Waals surface area contributed by atoms with Gasteiger partial charge in [0.25, 0.3) is 0 Å². The van der Waals surface area contributed by atoms with Gasteiger partial charge < -0.3 is 25.2 Å². The summed E-state index contributed by atoms with van der Waals surface area (Å²) in [6.45, 7) is 6.76. The molecule has 0 saturated carbocycles. The highest BCUT2D eigenvalue weighted by Gasteiger charge is 2.33. The minimum atomic E-state index is -1.14. The van der Waals surface area contributed by atoms with Crippen LogP contribution in [0, 0.1) is 0 Å². The van der Waals surface area contributed by atoms with Crippen LogP contribution in [-0.4, -0.2) is 61.5 Å². The lowest BCUT2D eigenvalue weighted by Crippen LogP contribution is -2.51. The van der Waals surface area contributed by atoms with E-state index in [-0.39, 0.29) is 37.6 Å². The minimum absolute atomic E-state index is 0. The summed E-state index contributed by atoms with van der Waals surface area (Å²) in [6, 6.07) is 9.20. The summed E-state index contributed by atoms with van der Waals surface area (Å²) in [4.78, 5) is 14.0. The van der Waals surface area contributed by atoms with Gasteiger partial charge in [-0.25, -0.2) is 0 Å². The van der Waals surface area contributed by atoms with Gasteiger partial charge in [0.2, 0.25) is 5.91 Å². The van der Waals surface area contributed by atoms with E-state index in [1.54, 1.807) is 14.0 Å². The summed E-state index contributed by atoms with van der Waals surface area (Å²) in [5.41, 5.74) is 5.80. The number of carbonyl (C=O) groups excluding carboxylic acids is 1. The van der Waals surface area contributed by atoms with Gasteiger partial charge in [0, 0.05) is 13.6 Å². The second-order valence-corrected chi connectivity index (χ2v) is 6.40. The topological polar surface area (TPSA) is 85.0 Å². The van der Waals surface area contributed by atoms with Crippen molar-refractivity contribution in [1.29, 1.82) is 0 Å². The molecule has 144 valence electrons. The Bertz CT molecular complexity index is 497. The Kier molecular flexibility index (Phi) is 10.9. The van der Waals surface area contributed by atoms with Gasteiger partial charge in [0.15, 0.2) is 0 Å². The van der Waals surface area contributed by atoms with E-state index in [1.165, 1.54) is 4.90 Å². The van der Waals surface area contributed by atoms with Crippen LogP contribution in [0.5, 0.6) is 0 Å². The van der Waals surface area contributed by atoms with E-state index in [0.717, 1.165) is 5.56 Å². The van der Waals surface area contributed by atoms with Crippen molar-refractivity contribution < 1.29 is 19.4 Å². The number of ether oxygens (including phenoxy) is 2. The Morgan fingerprint density at radius 3 is 2.44 bits per heavy atom. The third-order valence-electron chi connectivity index (χ3n) is 3.64. The highest BCUT2D eigenvalue weighted by atomic mass is 35.5. The Labute approximate surface area is 156 Å². The molecule has 0 heterocycles. The Morgan fingerprint density at radius 1 is 1.28 bits per heavy atom. The zero-order chi connectivity index (χ0) is 18.2. The predicted molar refractivity (Wildman–Crippen MR) is 101 cm³/mol. The molecule has 0 radical (unpaired) electrons. The molecule has 0 aliphatic carbocycles. The summed E-state index contributed by atoms with van der Waals surface area (Å²) in [6.07, 6.45) is -0.618. The molecule has 3 N–H and O–H groups in total. The SMILES string of the molecule is CC(C)OCCOCC(O)CN(C)C(=O)C(C)(N)c1ccccc1.Cl. The highest BCUT2D eigenvalue weighted by molar-refractivity contribution is 5.86. The van der Waals surface area contributed by atoms with Crippen LogP contribution in [0.2, 0.25) is 0 Å². The average Bonchev–Trinajstić information content (AvgIpc) is 2.54. The van der Waals surface area contributed by atoms with Crippen molar-refractivity contribution in [3.05, 3.63) is 35.9 Å². The first-order chi connectivity index (χ1) is 11.2. The normalized spacial score (nSPS) is 14.5. The van der Waals surface area contributed by atoms with Gasteiger partial charge in [0.05, 0.1) is 32.0 Å². The van der Waals surface area contributed by atoms with Crippen LogP contribution in [0.1, 0.15) is 26.3 Å². The number of rotatable bonds is 10.